The summed E-state index contributed by atoms with van der Waals surface area (Å²) in [7, 11) is 0. The molecule has 0 fully saturated rings. The Balaban J connectivity index is 1.68. The van der Waals surface area contributed by atoms with Gasteiger partial charge < -0.3 is 4.74 Å². The normalized spacial score (nSPS) is 17.4. The highest BCUT2D eigenvalue weighted by molar-refractivity contribution is 5.70. The summed E-state index contributed by atoms with van der Waals surface area (Å²) in [6.45, 7) is 6.35. The average molecular weight is 331 g/mol. The zero-order valence-electron chi connectivity index (χ0n) is 14.3. The first-order valence-corrected chi connectivity index (χ1v) is 8.22. The number of aryl methyl sites for hydroxylation is 1. The van der Waals surface area contributed by atoms with E-state index in [0.717, 1.165) is 24.4 Å². The van der Waals surface area contributed by atoms with Crippen molar-refractivity contribution in [1.82, 2.24) is 14.8 Å². The van der Waals surface area contributed by atoms with Gasteiger partial charge in [0, 0.05) is 24.9 Å². The molecule has 24 heavy (non-hydrogen) atoms. The molecule has 0 aliphatic carbocycles. The molecular weight excluding hydrogens is 309 g/mol. The highest BCUT2D eigenvalue weighted by Crippen LogP contribution is 2.25. The second kappa shape index (κ2) is 6.34. The molecule has 1 unspecified atom stereocenters. The van der Waals surface area contributed by atoms with Gasteiger partial charge in [-0.15, -0.1) is 0 Å². The number of esters is 1. The number of ether oxygens (including phenoxy) is 1. The zero-order chi connectivity index (χ0) is 17.3. The summed E-state index contributed by atoms with van der Waals surface area (Å²) in [4.78, 5) is 16.6. The smallest absolute Gasteiger partial charge is 0.306 e. The highest BCUT2D eigenvalue weighted by atomic mass is 19.1. The van der Waals surface area contributed by atoms with E-state index in [1.165, 1.54) is 12.1 Å². The van der Waals surface area contributed by atoms with Gasteiger partial charge in [-0.2, -0.15) is 5.10 Å². The molecule has 2 heterocycles. The largest absolute Gasteiger partial charge is 0.460 e. The van der Waals surface area contributed by atoms with E-state index in [0.29, 0.717) is 18.7 Å². The molecule has 0 spiro atoms. The summed E-state index contributed by atoms with van der Waals surface area (Å²) < 4.78 is 20.3. The van der Waals surface area contributed by atoms with Crippen LogP contribution in [-0.2, 0) is 22.5 Å². The first kappa shape index (κ1) is 16.6. The van der Waals surface area contributed by atoms with Gasteiger partial charge in [-0.25, -0.2) is 14.1 Å². The van der Waals surface area contributed by atoms with Gasteiger partial charge in [0.2, 0.25) is 0 Å². The van der Waals surface area contributed by atoms with Gasteiger partial charge in [-0.1, -0.05) is 0 Å². The van der Waals surface area contributed by atoms with Crippen molar-refractivity contribution in [2.24, 2.45) is 5.92 Å². The van der Waals surface area contributed by atoms with E-state index in [4.69, 9.17) is 4.74 Å². The van der Waals surface area contributed by atoms with Crippen molar-refractivity contribution in [3.05, 3.63) is 35.9 Å². The quantitative estimate of drug-likeness (QED) is 0.809. The van der Waals surface area contributed by atoms with E-state index < -0.39 is 5.60 Å². The van der Waals surface area contributed by atoms with Crippen LogP contribution in [0.2, 0.25) is 0 Å². The minimum absolute atomic E-state index is 0.167. The molecule has 0 saturated carbocycles. The van der Waals surface area contributed by atoms with Crippen LogP contribution in [0.5, 0.6) is 0 Å². The zero-order valence-corrected chi connectivity index (χ0v) is 14.3. The lowest BCUT2D eigenvalue weighted by Crippen LogP contribution is -2.28. The summed E-state index contributed by atoms with van der Waals surface area (Å²) in [5.41, 5.74) is 0.337. The highest BCUT2D eigenvalue weighted by Gasteiger charge is 2.26. The predicted molar refractivity (Wildman–Crippen MR) is 87.7 cm³/mol. The van der Waals surface area contributed by atoms with E-state index in [1.807, 2.05) is 25.5 Å². The molecule has 0 radical (unpaired) electrons. The third kappa shape index (κ3) is 3.99. The molecule has 1 aromatic heterocycles. The Morgan fingerprint density at radius 3 is 2.71 bits per heavy atom. The number of rotatable bonds is 3. The van der Waals surface area contributed by atoms with Crippen molar-refractivity contribution >= 4 is 5.97 Å². The maximum atomic E-state index is 13.0. The van der Waals surface area contributed by atoms with Crippen molar-refractivity contribution < 1.29 is 13.9 Å². The van der Waals surface area contributed by atoms with E-state index in [-0.39, 0.29) is 17.7 Å². The molecule has 0 saturated heterocycles. The van der Waals surface area contributed by atoms with Crippen LogP contribution in [0.3, 0.4) is 0 Å². The Bertz CT molecular complexity index is 732. The Kier molecular flexibility index (Phi) is 4.39. The van der Waals surface area contributed by atoms with E-state index >= 15 is 0 Å². The van der Waals surface area contributed by atoms with Crippen LogP contribution in [0.15, 0.2) is 24.3 Å². The third-order valence-electron chi connectivity index (χ3n) is 3.95. The van der Waals surface area contributed by atoms with E-state index in [2.05, 4.69) is 10.1 Å². The summed E-state index contributed by atoms with van der Waals surface area (Å²) in [5, 5.41) is 4.49. The number of carbonyl (C=O) groups is 1. The molecule has 6 heteroatoms. The number of hydrogen-bond acceptors (Lipinski definition) is 4. The first-order valence-electron chi connectivity index (χ1n) is 8.22. The Morgan fingerprint density at radius 2 is 2.04 bits per heavy atom. The number of benzene rings is 1. The maximum absolute atomic E-state index is 13.0. The molecule has 1 atom stereocenters. The van der Waals surface area contributed by atoms with Gasteiger partial charge in [0.15, 0.2) is 5.82 Å². The van der Waals surface area contributed by atoms with Crippen LogP contribution in [0.25, 0.3) is 11.4 Å². The van der Waals surface area contributed by atoms with Crippen LogP contribution in [0, 0.1) is 11.7 Å². The summed E-state index contributed by atoms with van der Waals surface area (Å²) >= 11 is 0. The van der Waals surface area contributed by atoms with Crippen molar-refractivity contribution in [2.75, 3.05) is 0 Å². The van der Waals surface area contributed by atoms with Crippen molar-refractivity contribution in [2.45, 2.75) is 52.2 Å². The molecule has 128 valence electrons. The lowest BCUT2D eigenvalue weighted by Gasteiger charge is -2.24. The van der Waals surface area contributed by atoms with Gasteiger partial charge in [0.1, 0.15) is 17.2 Å². The summed E-state index contributed by atoms with van der Waals surface area (Å²) in [6, 6.07) is 6.16. The molecule has 1 aromatic carbocycles. The Morgan fingerprint density at radius 1 is 1.33 bits per heavy atom. The molecule has 3 rings (SSSR count). The topological polar surface area (TPSA) is 57.0 Å². The third-order valence-corrected chi connectivity index (χ3v) is 3.95. The van der Waals surface area contributed by atoms with E-state index in [9.17, 15) is 9.18 Å². The molecule has 0 amide bonds. The number of hydrogen-bond donors (Lipinski definition) is 0. The minimum Gasteiger partial charge on any atom is -0.460 e. The molecule has 0 N–H and O–H groups in total. The fourth-order valence-electron chi connectivity index (χ4n) is 2.88. The summed E-state index contributed by atoms with van der Waals surface area (Å²) in [5.74, 6) is 1.24. The van der Waals surface area contributed by atoms with Crippen LogP contribution >= 0.6 is 0 Å². The van der Waals surface area contributed by atoms with Crippen LogP contribution in [0.1, 0.15) is 39.4 Å². The van der Waals surface area contributed by atoms with Crippen LogP contribution in [-0.4, -0.2) is 26.3 Å². The fraction of sp³-hybridized carbons (Fsp3) is 0.500. The van der Waals surface area contributed by atoms with Crippen LogP contribution < -0.4 is 0 Å². The average Bonchev–Trinajstić information content (AvgIpc) is 2.89. The molecule has 5 nitrogen and oxygen atoms in total. The minimum atomic E-state index is -0.457. The number of nitrogens with zero attached hydrogens (tertiary/aromatic N) is 3. The monoisotopic (exact) mass is 331 g/mol. The van der Waals surface area contributed by atoms with Crippen molar-refractivity contribution in [3.8, 4) is 11.4 Å². The standard InChI is InChI=1S/C18H22FN3O2/c1-18(2,3)24-16(23)11-12-8-9-22-15(10-12)20-17(21-22)13-4-6-14(19)7-5-13/h4-7,12H,8-11H2,1-3H3. The lowest BCUT2D eigenvalue weighted by molar-refractivity contribution is -0.156. The van der Waals surface area contributed by atoms with Gasteiger partial charge >= 0.3 is 5.97 Å². The van der Waals surface area contributed by atoms with Crippen LogP contribution in [0.4, 0.5) is 4.39 Å². The van der Waals surface area contributed by atoms with Gasteiger partial charge in [-0.05, 0) is 57.4 Å². The number of halogens is 1. The van der Waals surface area contributed by atoms with Gasteiger partial charge in [0.25, 0.3) is 0 Å². The molecule has 1 aliphatic rings. The number of carbonyl (C=O) groups excluding carboxylic acids is 1. The van der Waals surface area contributed by atoms with Crippen molar-refractivity contribution in [3.63, 3.8) is 0 Å². The molecule has 1 aliphatic heterocycles. The molecular formula is C18H22FN3O2. The maximum Gasteiger partial charge on any atom is 0.306 e. The molecule has 2 aromatic rings. The van der Waals surface area contributed by atoms with Gasteiger partial charge in [0.05, 0.1) is 0 Å². The first-order chi connectivity index (χ1) is 11.3. The number of aromatic nitrogens is 3. The Labute approximate surface area is 140 Å². The molecule has 0 bridgehead atoms. The van der Waals surface area contributed by atoms with Crippen molar-refractivity contribution in [1.29, 1.82) is 0 Å². The second-order valence-corrected chi connectivity index (χ2v) is 7.23. The van der Waals surface area contributed by atoms with E-state index in [1.54, 1.807) is 12.1 Å². The second-order valence-electron chi connectivity index (χ2n) is 7.23. The lowest BCUT2D eigenvalue weighted by atomic mass is 9.94. The Hall–Kier alpha value is -2.24. The summed E-state index contributed by atoms with van der Waals surface area (Å²) in [6.07, 6.45) is 1.97. The SMILES string of the molecule is CC(C)(C)OC(=O)CC1CCn2nc(-c3ccc(F)cc3)nc2C1. The predicted octanol–water partition coefficient (Wildman–Crippen LogP) is 3.38. The number of fused-ring (bicyclic) bond motifs is 1. The van der Waals surface area contributed by atoms with Gasteiger partial charge in [-0.3, -0.25) is 4.79 Å². The fourth-order valence-corrected chi connectivity index (χ4v) is 2.88.